The molecule has 2 aliphatic carbocycles. The Kier molecular flexibility index (Phi) is 2.93. The van der Waals surface area contributed by atoms with Crippen LogP contribution in [0.2, 0.25) is 0 Å². The van der Waals surface area contributed by atoms with E-state index in [0.29, 0.717) is 17.5 Å². The molecule has 0 radical (unpaired) electrons. The molecule has 0 saturated heterocycles. The molecule has 2 bridgehead atoms. The van der Waals surface area contributed by atoms with Crippen LogP contribution in [0.1, 0.15) is 28.1 Å². The number of carboxylic acids is 1. The summed E-state index contributed by atoms with van der Waals surface area (Å²) in [7, 11) is 0. The summed E-state index contributed by atoms with van der Waals surface area (Å²) in [6.07, 6.45) is 6.26. The van der Waals surface area contributed by atoms with Crippen LogP contribution in [0.15, 0.2) is 17.5 Å². The largest absolute Gasteiger partial charge is 0.477 e. The number of aryl methyl sites for hydroxylation is 1. The van der Waals surface area contributed by atoms with Crippen LogP contribution in [0.3, 0.4) is 0 Å². The van der Waals surface area contributed by atoms with Gasteiger partial charge in [0.25, 0.3) is 0 Å². The summed E-state index contributed by atoms with van der Waals surface area (Å²) in [5.41, 5.74) is 1.28. The van der Waals surface area contributed by atoms with Gasteiger partial charge in [0.15, 0.2) is 0 Å². The Bertz CT molecular complexity index is 575. The first-order valence-corrected chi connectivity index (χ1v) is 7.25. The lowest BCUT2D eigenvalue weighted by atomic mass is 9.92. The van der Waals surface area contributed by atoms with Gasteiger partial charge in [-0.1, -0.05) is 12.2 Å². The third kappa shape index (κ3) is 2.08. The average molecular weight is 277 g/mol. The monoisotopic (exact) mass is 277 g/mol. The van der Waals surface area contributed by atoms with Crippen molar-refractivity contribution in [1.82, 2.24) is 0 Å². The Morgan fingerprint density at radius 1 is 1.37 bits per heavy atom. The van der Waals surface area contributed by atoms with E-state index in [1.807, 2.05) is 6.92 Å². The SMILES string of the molecule is Cc1csc(C(=O)O)c1NC(=O)C1CC2C=CC1C2. The molecule has 3 unspecified atom stereocenters. The Morgan fingerprint density at radius 3 is 2.74 bits per heavy atom. The second kappa shape index (κ2) is 4.49. The number of carbonyl (C=O) groups excluding carboxylic acids is 1. The van der Waals surface area contributed by atoms with Crippen LogP contribution in [-0.2, 0) is 4.79 Å². The maximum Gasteiger partial charge on any atom is 0.348 e. The van der Waals surface area contributed by atoms with E-state index in [1.54, 1.807) is 5.38 Å². The highest BCUT2D eigenvalue weighted by Crippen LogP contribution is 2.44. The topological polar surface area (TPSA) is 66.4 Å². The predicted molar refractivity (Wildman–Crippen MR) is 73.5 cm³/mol. The van der Waals surface area contributed by atoms with Crippen LogP contribution >= 0.6 is 11.3 Å². The summed E-state index contributed by atoms with van der Waals surface area (Å²) < 4.78 is 0. The standard InChI is InChI=1S/C14H15NO3S/c1-7-6-19-12(14(17)18)11(7)15-13(16)10-5-8-2-3-9(10)4-8/h2-3,6,8-10H,4-5H2,1H3,(H,15,16)(H,17,18). The highest BCUT2D eigenvalue weighted by atomic mass is 32.1. The number of aromatic carboxylic acids is 1. The molecule has 3 rings (SSSR count). The molecule has 1 saturated carbocycles. The van der Waals surface area contributed by atoms with Crippen molar-refractivity contribution in [2.45, 2.75) is 19.8 Å². The van der Waals surface area contributed by atoms with Crippen molar-refractivity contribution in [3.05, 3.63) is 28.0 Å². The van der Waals surface area contributed by atoms with Gasteiger partial charge in [-0.2, -0.15) is 0 Å². The Balaban J connectivity index is 1.78. The highest BCUT2D eigenvalue weighted by Gasteiger charge is 2.40. The summed E-state index contributed by atoms with van der Waals surface area (Å²) in [6, 6.07) is 0. The molecule has 1 amide bonds. The van der Waals surface area contributed by atoms with Crippen molar-refractivity contribution in [3.8, 4) is 0 Å². The number of amides is 1. The number of carbonyl (C=O) groups is 2. The van der Waals surface area contributed by atoms with Crippen LogP contribution < -0.4 is 5.32 Å². The smallest absolute Gasteiger partial charge is 0.348 e. The van der Waals surface area contributed by atoms with E-state index in [9.17, 15) is 9.59 Å². The van der Waals surface area contributed by atoms with Gasteiger partial charge in [-0.3, -0.25) is 4.79 Å². The molecule has 2 N–H and O–H groups in total. The van der Waals surface area contributed by atoms with Gasteiger partial charge in [0.1, 0.15) is 4.88 Å². The number of hydrogen-bond donors (Lipinski definition) is 2. The van der Waals surface area contributed by atoms with E-state index < -0.39 is 5.97 Å². The Hall–Kier alpha value is -1.62. The minimum atomic E-state index is -0.985. The molecule has 1 fully saturated rings. The van der Waals surface area contributed by atoms with Crippen LogP contribution in [0.4, 0.5) is 5.69 Å². The maximum absolute atomic E-state index is 12.3. The first-order chi connectivity index (χ1) is 9.06. The molecule has 4 nitrogen and oxygen atoms in total. The van der Waals surface area contributed by atoms with Crippen molar-refractivity contribution in [2.24, 2.45) is 17.8 Å². The van der Waals surface area contributed by atoms with Gasteiger partial charge >= 0.3 is 5.97 Å². The van der Waals surface area contributed by atoms with Crippen molar-refractivity contribution < 1.29 is 14.7 Å². The van der Waals surface area contributed by atoms with Gasteiger partial charge in [-0.05, 0) is 42.5 Å². The third-order valence-electron chi connectivity index (χ3n) is 4.03. The number of thiophene rings is 1. The molecule has 3 atom stereocenters. The lowest BCUT2D eigenvalue weighted by molar-refractivity contribution is -0.120. The van der Waals surface area contributed by atoms with Crippen LogP contribution in [0, 0.1) is 24.7 Å². The minimum absolute atomic E-state index is 0.00375. The number of fused-ring (bicyclic) bond motifs is 2. The normalized spacial score (nSPS) is 27.7. The molecule has 2 aliphatic rings. The number of anilines is 1. The second-order valence-electron chi connectivity index (χ2n) is 5.30. The molecular weight excluding hydrogens is 262 g/mol. The zero-order valence-corrected chi connectivity index (χ0v) is 11.4. The van der Waals surface area contributed by atoms with Gasteiger partial charge in [-0.15, -0.1) is 11.3 Å². The van der Waals surface area contributed by atoms with Crippen LogP contribution in [0.5, 0.6) is 0 Å². The Labute approximate surface area is 115 Å². The Morgan fingerprint density at radius 2 is 2.16 bits per heavy atom. The van der Waals surface area contributed by atoms with Crippen LogP contribution in [-0.4, -0.2) is 17.0 Å². The van der Waals surface area contributed by atoms with Crippen molar-refractivity contribution in [3.63, 3.8) is 0 Å². The zero-order chi connectivity index (χ0) is 13.6. The number of hydrogen-bond acceptors (Lipinski definition) is 3. The predicted octanol–water partition coefficient (Wildman–Crippen LogP) is 2.91. The molecule has 19 heavy (non-hydrogen) atoms. The van der Waals surface area contributed by atoms with E-state index >= 15 is 0 Å². The van der Waals surface area contributed by atoms with Gasteiger partial charge in [0, 0.05) is 5.92 Å². The average Bonchev–Trinajstić information content (AvgIpc) is 3.05. The lowest BCUT2D eigenvalue weighted by Gasteiger charge is -2.17. The number of rotatable bonds is 3. The molecule has 0 spiro atoms. The maximum atomic E-state index is 12.3. The van der Waals surface area contributed by atoms with Crippen molar-refractivity contribution in [1.29, 1.82) is 0 Å². The van der Waals surface area contributed by atoms with Gasteiger partial charge in [0.2, 0.25) is 5.91 Å². The molecular formula is C14H15NO3S. The summed E-state index contributed by atoms with van der Waals surface area (Å²) in [5.74, 6) is -0.168. The van der Waals surface area contributed by atoms with Crippen molar-refractivity contribution >= 4 is 28.9 Å². The fourth-order valence-corrected chi connectivity index (χ4v) is 3.90. The van der Waals surface area contributed by atoms with Crippen LogP contribution in [0.25, 0.3) is 0 Å². The van der Waals surface area contributed by atoms with Gasteiger partial charge in [0.05, 0.1) is 5.69 Å². The van der Waals surface area contributed by atoms with E-state index in [2.05, 4.69) is 17.5 Å². The molecule has 0 aromatic carbocycles. The fourth-order valence-electron chi connectivity index (χ4n) is 3.06. The molecule has 0 aliphatic heterocycles. The first-order valence-electron chi connectivity index (χ1n) is 6.37. The van der Waals surface area contributed by atoms with Crippen molar-refractivity contribution in [2.75, 3.05) is 5.32 Å². The number of allylic oxidation sites excluding steroid dienone is 2. The number of carboxylic acid groups (broad SMARTS) is 1. The van der Waals surface area contributed by atoms with Gasteiger partial charge in [-0.25, -0.2) is 4.79 Å². The number of nitrogens with one attached hydrogen (secondary N) is 1. The highest BCUT2D eigenvalue weighted by molar-refractivity contribution is 7.12. The third-order valence-corrected chi connectivity index (χ3v) is 5.12. The molecule has 1 aromatic rings. The fraction of sp³-hybridized carbons (Fsp3) is 0.429. The lowest BCUT2D eigenvalue weighted by Crippen LogP contribution is -2.26. The first kappa shape index (κ1) is 12.4. The second-order valence-corrected chi connectivity index (χ2v) is 6.18. The van der Waals surface area contributed by atoms with E-state index in [0.717, 1.165) is 29.7 Å². The molecule has 1 heterocycles. The summed E-state index contributed by atoms with van der Waals surface area (Å²) in [4.78, 5) is 23.6. The molecule has 5 heteroatoms. The quantitative estimate of drug-likeness (QED) is 0.835. The van der Waals surface area contributed by atoms with E-state index in [4.69, 9.17) is 5.11 Å². The zero-order valence-electron chi connectivity index (χ0n) is 10.6. The molecule has 100 valence electrons. The minimum Gasteiger partial charge on any atom is -0.477 e. The molecule has 1 aromatic heterocycles. The summed E-state index contributed by atoms with van der Waals surface area (Å²) >= 11 is 1.16. The van der Waals surface area contributed by atoms with E-state index in [1.165, 1.54) is 0 Å². The summed E-state index contributed by atoms with van der Waals surface area (Å²) in [5, 5.41) is 13.7. The van der Waals surface area contributed by atoms with Gasteiger partial charge < -0.3 is 10.4 Å². The van der Waals surface area contributed by atoms with E-state index in [-0.39, 0.29) is 16.7 Å². The summed E-state index contributed by atoms with van der Waals surface area (Å²) in [6.45, 7) is 1.82.